The SMILES string of the molecule is Cc1ccc(-c2c[c]ccc2)cc1Nc1ccc2c(c1)NC(=O)C2=Cc1ccc[nH]1. The number of aryl methyl sites for hydroxylation is 1. The second-order valence-electron chi connectivity index (χ2n) is 7.34. The van der Waals surface area contributed by atoms with Gasteiger partial charge in [-0.3, -0.25) is 4.79 Å². The van der Waals surface area contributed by atoms with Gasteiger partial charge in [-0.15, -0.1) is 0 Å². The summed E-state index contributed by atoms with van der Waals surface area (Å²) in [5.41, 5.74) is 8.65. The number of fused-ring (bicyclic) bond motifs is 1. The fourth-order valence-corrected chi connectivity index (χ4v) is 3.67. The maximum atomic E-state index is 12.5. The lowest BCUT2D eigenvalue weighted by molar-refractivity contribution is -0.110. The third kappa shape index (κ3) is 3.40. The van der Waals surface area contributed by atoms with Gasteiger partial charge in [-0.2, -0.15) is 0 Å². The predicted octanol–water partition coefficient (Wildman–Crippen LogP) is 6.03. The highest BCUT2D eigenvalue weighted by Gasteiger charge is 2.24. The maximum absolute atomic E-state index is 12.5. The van der Waals surface area contributed by atoms with Gasteiger partial charge in [0.05, 0.1) is 11.3 Å². The Morgan fingerprint density at radius 2 is 1.93 bits per heavy atom. The van der Waals surface area contributed by atoms with Crippen LogP contribution in [0.4, 0.5) is 17.1 Å². The van der Waals surface area contributed by atoms with Gasteiger partial charge in [0.15, 0.2) is 0 Å². The molecule has 30 heavy (non-hydrogen) atoms. The number of hydrogen-bond donors (Lipinski definition) is 3. The molecule has 0 atom stereocenters. The summed E-state index contributed by atoms with van der Waals surface area (Å²) >= 11 is 0. The summed E-state index contributed by atoms with van der Waals surface area (Å²) in [6.45, 7) is 2.08. The number of aromatic amines is 1. The predicted molar refractivity (Wildman–Crippen MR) is 122 cm³/mol. The zero-order chi connectivity index (χ0) is 20.5. The van der Waals surface area contributed by atoms with E-state index >= 15 is 0 Å². The first-order valence-electron chi connectivity index (χ1n) is 9.82. The Morgan fingerprint density at radius 3 is 2.73 bits per heavy atom. The third-order valence-electron chi connectivity index (χ3n) is 5.28. The summed E-state index contributed by atoms with van der Waals surface area (Å²) in [6.07, 6.45) is 3.72. The van der Waals surface area contributed by atoms with Gasteiger partial charge in [-0.05, 0) is 72.2 Å². The van der Waals surface area contributed by atoms with E-state index < -0.39 is 0 Å². The molecule has 4 aromatic rings. The summed E-state index contributed by atoms with van der Waals surface area (Å²) in [5.74, 6) is -0.0877. The molecule has 1 radical (unpaired) electrons. The van der Waals surface area contributed by atoms with Crippen molar-refractivity contribution in [3.05, 3.63) is 102 Å². The van der Waals surface area contributed by atoms with Crippen molar-refractivity contribution in [1.82, 2.24) is 4.98 Å². The Bertz CT molecular complexity index is 1250. The molecule has 0 bridgehead atoms. The van der Waals surface area contributed by atoms with Gasteiger partial charge in [0.2, 0.25) is 0 Å². The van der Waals surface area contributed by atoms with Crippen molar-refractivity contribution in [3.8, 4) is 11.1 Å². The largest absolute Gasteiger partial charge is 0.362 e. The molecule has 3 N–H and O–H groups in total. The van der Waals surface area contributed by atoms with Crippen LogP contribution in [0, 0.1) is 13.0 Å². The van der Waals surface area contributed by atoms with E-state index in [1.54, 1.807) is 0 Å². The smallest absolute Gasteiger partial charge is 0.256 e. The van der Waals surface area contributed by atoms with Crippen molar-refractivity contribution in [3.63, 3.8) is 0 Å². The Kier molecular flexibility index (Phi) is 4.45. The summed E-state index contributed by atoms with van der Waals surface area (Å²) in [7, 11) is 0. The van der Waals surface area contributed by atoms with E-state index in [9.17, 15) is 4.79 Å². The average molecular weight is 390 g/mol. The number of nitrogens with one attached hydrogen (secondary N) is 3. The molecule has 3 aromatic carbocycles. The summed E-state index contributed by atoms with van der Waals surface area (Å²) in [6, 6.07) is 27.3. The number of carbonyl (C=O) groups excluding carboxylic acids is 1. The number of carbonyl (C=O) groups is 1. The minimum Gasteiger partial charge on any atom is -0.362 e. The van der Waals surface area contributed by atoms with Crippen LogP contribution < -0.4 is 10.6 Å². The molecule has 0 fully saturated rings. The van der Waals surface area contributed by atoms with Crippen molar-refractivity contribution < 1.29 is 4.79 Å². The second-order valence-corrected chi connectivity index (χ2v) is 7.34. The number of benzene rings is 3. The Balaban J connectivity index is 1.45. The number of H-pyrrole nitrogens is 1. The van der Waals surface area contributed by atoms with Crippen LogP contribution in [0.1, 0.15) is 16.8 Å². The van der Waals surface area contributed by atoms with E-state index in [0.29, 0.717) is 5.57 Å². The molecule has 0 spiro atoms. The van der Waals surface area contributed by atoms with Gasteiger partial charge in [0.1, 0.15) is 0 Å². The fraction of sp³-hybridized carbons (Fsp3) is 0.0385. The number of hydrogen-bond acceptors (Lipinski definition) is 2. The molecule has 145 valence electrons. The van der Waals surface area contributed by atoms with Crippen molar-refractivity contribution in [1.29, 1.82) is 0 Å². The van der Waals surface area contributed by atoms with Crippen molar-refractivity contribution in [2.75, 3.05) is 10.6 Å². The summed E-state index contributed by atoms with van der Waals surface area (Å²) in [5, 5.41) is 6.47. The highest BCUT2D eigenvalue weighted by Crippen LogP contribution is 2.36. The summed E-state index contributed by atoms with van der Waals surface area (Å²) in [4.78, 5) is 15.6. The summed E-state index contributed by atoms with van der Waals surface area (Å²) < 4.78 is 0. The van der Waals surface area contributed by atoms with Crippen LogP contribution in [0.25, 0.3) is 22.8 Å². The van der Waals surface area contributed by atoms with Gasteiger partial charge in [-0.1, -0.05) is 36.4 Å². The number of aromatic nitrogens is 1. The van der Waals surface area contributed by atoms with E-state index in [2.05, 4.69) is 52.9 Å². The van der Waals surface area contributed by atoms with Crippen molar-refractivity contribution in [2.24, 2.45) is 0 Å². The quantitative estimate of drug-likeness (QED) is 0.373. The lowest BCUT2D eigenvalue weighted by Crippen LogP contribution is -2.03. The molecule has 5 rings (SSSR count). The molecular weight excluding hydrogens is 370 g/mol. The number of rotatable bonds is 4. The van der Waals surface area contributed by atoms with E-state index in [1.807, 2.05) is 60.8 Å². The molecule has 0 unspecified atom stereocenters. The topological polar surface area (TPSA) is 56.9 Å². The molecule has 2 heterocycles. The second kappa shape index (κ2) is 7.41. The number of amides is 1. The van der Waals surface area contributed by atoms with Gasteiger partial charge < -0.3 is 15.6 Å². The Morgan fingerprint density at radius 1 is 1.00 bits per heavy atom. The van der Waals surface area contributed by atoms with E-state index in [0.717, 1.165) is 45.0 Å². The van der Waals surface area contributed by atoms with E-state index in [4.69, 9.17) is 0 Å². The van der Waals surface area contributed by atoms with Gasteiger partial charge >= 0.3 is 0 Å². The molecule has 1 aliphatic rings. The molecule has 0 saturated carbocycles. The Hall–Kier alpha value is -4.05. The van der Waals surface area contributed by atoms with Crippen LogP contribution in [0.3, 0.4) is 0 Å². The van der Waals surface area contributed by atoms with Crippen LogP contribution in [-0.4, -0.2) is 10.9 Å². The third-order valence-corrected chi connectivity index (χ3v) is 5.28. The van der Waals surface area contributed by atoms with Crippen LogP contribution in [0.2, 0.25) is 0 Å². The molecule has 1 aromatic heterocycles. The first-order chi connectivity index (χ1) is 14.7. The highest BCUT2D eigenvalue weighted by molar-refractivity contribution is 6.35. The van der Waals surface area contributed by atoms with Crippen LogP contribution in [0.15, 0.2) is 79.0 Å². The highest BCUT2D eigenvalue weighted by atomic mass is 16.2. The molecule has 1 amide bonds. The maximum Gasteiger partial charge on any atom is 0.256 e. The zero-order valence-corrected chi connectivity index (χ0v) is 16.5. The minimum absolute atomic E-state index is 0.0877. The molecule has 1 aliphatic heterocycles. The lowest BCUT2D eigenvalue weighted by Gasteiger charge is -2.13. The van der Waals surface area contributed by atoms with Crippen LogP contribution in [0.5, 0.6) is 0 Å². The van der Waals surface area contributed by atoms with Crippen LogP contribution >= 0.6 is 0 Å². The van der Waals surface area contributed by atoms with E-state index in [-0.39, 0.29) is 5.91 Å². The zero-order valence-electron chi connectivity index (χ0n) is 16.5. The normalized spacial score (nSPS) is 13.9. The van der Waals surface area contributed by atoms with Gasteiger partial charge in [0.25, 0.3) is 5.91 Å². The average Bonchev–Trinajstić information content (AvgIpc) is 3.38. The van der Waals surface area contributed by atoms with Gasteiger partial charge in [0, 0.05) is 28.8 Å². The van der Waals surface area contributed by atoms with Gasteiger partial charge in [-0.25, -0.2) is 0 Å². The molecule has 4 nitrogen and oxygen atoms in total. The standard InChI is InChI=1S/C26H20N3O/c1-17-9-10-19(18-6-3-2-4-7-18)14-24(17)28-21-11-12-22-23(15-20-8-5-13-27-20)26(30)29-25(22)16-21/h2-3,5-16,27-28H,1H3,(H,29,30). The Labute approximate surface area is 175 Å². The molecule has 0 saturated heterocycles. The number of anilines is 3. The fourth-order valence-electron chi connectivity index (χ4n) is 3.67. The van der Waals surface area contributed by atoms with E-state index in [1.165, 1.54) is 0 Å². The monoisotopic (exact) mass is 390 g/mol. The van der Waals surface area contributed by atoms with Crippen LogP contribution in [-0.2, 0) is 4.79 Å². The van der Waals surface area contributed by atoms with Crippen molar-refractivity contribution in [2.45, 2.75) is 6.92 Å². The first-order valence-corrected chi connectivity index (χ1v) is 9.82. The lowest BCUT2D eigenvalue weighted by atomic mass is 10.0. The molecular formula is C26H20N3O. The minimum atomic E-state index is -0.0877. The first kappa shape index (κ1) is 18.0. The molecule has 0 aliphatic carbocycles. The van der Waals surface area contributed by atoms with Crippen molar-refractivity contribution >= 4 is 34.6 Å². The molecule has 4 heteroatoms.